The molecule has 1 aliphatic rings. The topological polar surface area (TPSA) is 57.6 Å². The molecule has 0 saturated carbocycles. The molecule has 0 aliphatic carbocycles. The SMILES string of the molecule is O=S(=O)(O)CCCN1C=CC=CC1.[Ni]. The molecule has 84 valence electrons. The van der Waals surface area contributed by atoms with E-state index in [4.69, 9.17) is 4.55 Å². The molecular weight excluding hydrogens is 249 g/mol. The van der Waals surface area contributed by atoms with Gasteiger partial charge in [0.1, 0.15) is 0 Å². The zero-order valence-electron chi connectivity index (χ0n) is 7.57. The van der Waals surface area contributed by atoms with Gasteiger partial charge in [-0.25, -0.2) is 0 Å². The fourth-order valence-corrected chi connectivity index (χ4v) is 1.62. The maximum absolute atomic E-state index is 10.4. The third-order valence-electron chi connectivity index (χ3n) is 1.73. The molecule has 0 aromatic carbocycles. The molecule has 6 heteroatoms. The van der Waals surface area contributed by atoms with Crippen LogP contribution in [0.15, 0.2) is 24.4 Å². The van der Waals surface area contributed by atoms with E-state index in [-0.39, 0.29) is 22.2 Å². The Labute approximate surface area is 94.3 Å². The molecule has 0 bridgehead atoms. The first-order valence-electron chi connectivity index (χ1n) is 4.10. The summed E-state index contributed by atoms with van der Waals surface area (Å²) in [7, 11) is -3.79. The predicted molar refractivity (Wildman–Crippen MR) is 50.9 cm³/mol. The monoisotopic (exact) mass is 261 g/mol. The molecular formula is C8H13NNiO3S. The Morgan fingerprint density at radius 2 is 2.07 bits per heavy atom. The summed E-state index contributed by atoms with van der Waals surface area (Å²) < 4.78 is 29.2. The normalized spacial score (nSPS) is 15.4. The van der Waals surface area contributed by atoms with Crippen LogP contribution in [-0.4, -0.2) is 36.7 Å². The van der Waals surface area contributed by atoms with Crippen molar-refractivity contribution in [2.45, 2.75) is 6.42 Å². The van der Waals surface area contributed by atoms with Crippen LogP contribution in [0.1, 0.15) is 6.42 Å². The molecule has 1 heterocycles. The Morgan fingerprint density at radius 1 is 1.36 bits per heavy atom. The smallest absolute Gasteiger partial charge is 0.264 e. The van der Waals surface area contributed by atoms with E-state index in [0.29, 0.717) is 13.0 Å². The number of hydrogen-bond acceptors (Lipinski definition) is 3. The summed E-state index contributed by atoms with van der Waals surface area (Å²) in [4.78, 5) is 1.99. The fraction of sp³-hybridized carbons (Fsp3) is 0.500. The van der Waals surface area contributed by atoms with Gasteiger partial charge in [-0.3, -0.25) is 4.55 Å². The van der Waals surface area contributed by atoms with Crippen LogP contribution < -0.4 is 0 Å². The standard InChI is InChI=1S/C8H13NO3S.Ni/c10-13(11,12)8-4-7-9-5-2-1-3-6-9;/h1-3,5H,4,6-8H2,(H,10,11,12);. The van der Waals surface area contributed by atoms with Gasteiger partial charge in [0.05, 0.1) is 5.75 Å². The van der Waals surface area contributed by atoms with Crippen LogP contribution in [0.25, 0.3) is 0 Å². The molecule has 0 saturated heterocycles. The minimum absolute atomic E-state index is 0. The molecule has 1 N–H and O–H groups in total. The van der Waals surface area contributed by atoms with Gasteiger partial charge < -0.3 is 4.90 Å². The van der Waals surface area contributed by atoms with Crippen molar-refractivity contribution in [2.24, 2.45) is 0 Å². The van der Waals surface area contributed by atoms with Crippen LogP contribution in [0.3, 0.4) is 0 Å². The van der Waals surface area contributed by atoms with Crippen molar-refractivity contribution in [3.05, 3.63) is 24.4 Å². The average molecular weight is 262 g/mol. The fourth-order valence-electron chi connectivity index (χ4n) is 1.12. The number of hydrogen-bond donors (Lipinski definition) is 1. The van der Waals surface area contributed by atoms with Crippen LogP contribution >= 0.6 is 0 Å². The van der Waals surface area contributed by atoms with Gasteiger partial charge >= 0.3 is 0 Å². The largest absolute Gasteiger partial charge is 0.374 e. The van der Waals surface area contributed by atoms with Crippen molar-refractivity contribution in [3.63, 3.8) is 0 Å². The molecule has 0 unspecified atom stereocenters. The molecule has 1 rings (SSSR count). The molecule has 0 amide bonds. The van der Waals surface area contributed by atoms with E-state index in [1.54, 1.807) is 0 Å². The van der Waals surface area contributed by atoms with E-state index in [2.05, 4.69) is 0 Å². The van der Waals surface area contributed by atoms with Crippen molar-refractivity contribution in [1.82, 2.24) is 4.90 Å². The van der Waals surface area contributed by atoms with Gasteiger partial charge in [-0.2, -0.15) is 8.42 Å². The quantitative estimate of drug-likeness (QED) is 0.596. The first-order valence-corrected chi connectivity index (χ1v) is 5.71. The third kappa shape index (κ3) is 6.19. The van der Waals surface area contributed by atoms with Crippen LogP contribution in [0.5, 0.6) is 0 Å². The van der Waals surface area contributed by atoms with Gasteiger partial charge in [0.15, 0.2) is 0 Å². The summed E-state index contributed by atoms with van der Waals surface area (Å²) in [5.74, 6) is -0.166. The second kappa shape index (κ2) is 6.22. The van der Waals surface area contributed by atoms with Crippen molar-refractivity contribution >= 4 is 10.1 Å². The Morgan fingerprint density at radius 3 is 2.57 bits per heavy atom. The molecule has 0 aromatic rings. The van der Waals surface area contributed by atoms with E-state index < -0.39 is 10.1 Å². The summed E-state index contributed by atoms with van der Waals surface area (Å²) >= 11 is 0. The predicted octanol–water partition coefficient (Wildman–Crippen LogP) is 0.647. The molecule has 0 aromatic heterocycles. The zero-order chi connectivity index (χ0) is 9.73. The molecule has 0 radical (unpaired) electrons. The Kier molecular flexibility index (Phi) is 6.08. The van der Waals surface area contributed by atoms with Gasteiger partial charge in [-0.15, -0.1) is 0 Å². The van der Waals surface area contributed by atoms with Crippen molar-refractivity contribution in [1.29, 1.82) is 0 Å². The van der Waals surface area contributed by atoms with Crippen LogP contribution in [0.4, 0.5) is 0 Å². The summed E-state index contributed by atoms with van der Waals surface area (Å²) in [5, 5.41) is 0. The maximum Gasteiger partial charge on any atom is 0.264 e. The zero-order valence-corrected chi connectivity index (χ0v) is 9.38. The summed E-state index contributed by atoms with van der Waals surface area (Å²) in [6.45, 7) is 1.46. The van der Waals surface area contributed by atoms with Gasteiger partial charge in [0, 0.05) is 29.6 Å². The van der Waals surface area contributed by atoms with Gasteiger partial charge in [-0.1, -0.05) is 12.2 Å². The first kappa shape index (κ1) is 13.7. The van der Waals surface area contributed by atoms with E-state index >= 15 is 0 Å². The van der Waals surface area contributed by atoms with E-state index in [1.807, 2.05) is 29.3 Å². The third-order valence-corrected chi connectivity index (χ3v) is 2.54. The van der Waals surface area contributed by atoms with Crippen molar-refractivity contribution < 1.29 is 29.5 Å². The Bertz CT molecular complexity index is 311. The average Bonchev–Trinajstić information content (AvgIpc) is 2.04. The van der Waals surface area contributed by atoms with Gasteiger partial charge in [0.2, 0.25) is 0 Å². The summed E-state index contributed by atoms with van der Waals surface area (Å²) in [6, 6.07) is 0. The molecule has 4 nitrogen and oxygen atoms in total. The second-order valence-electron chi connectivity index (χ2n) is 2.90. The number of rotatable bonds is 4. The van der Waals surface area contributed by atoms with Crippen molar-refractivity contribution in [2.75, 3.05) is 18.8 Å². The van der Waals surface area contributed by atoms with E-state index in [0.717, 1.165) is 6.54 Å². The van der Waals surface area contributed by atoms with Crippen LogP contribution in [0, 0.1) is 0 Å². The second-order valence-corrected chi connectivity index (χ2v) is 4.48. The molecule has 0 spiro atoms. The summed E-state index contributed by atoms with van der Waals surface area (Å²) in [5.41, 5.74) is 0. The molecule has 1 aliphatic heterocycles. The Balaban J connectivity index is 0.00000169. The summed E-state index contributed by atoms with van der Waals surface area (Å²) in [6.07, 6.45) is 8.20. The minimum atomic E-state index is -3.79. The number of allylic oxidation sites excluding steroid dienone is 2. The Hall–Kier alpha value is -0.316. The van der Waals surface area contributed by atoms with Crippen LogP contribution in [-0.2, 0) is 26.6 Å². The van der Waals surface area contributed by atoms with E-state index in [1.165, 1.54) is 0 Å². The van der Waals surface area contributed by atoms with Gasteiger partial charge in [-0.05, 0) is 18.7 Å². The van der Waals surface area contributed by atoms with Crippen LogP contribution in [0.2, 0.25) is 0 Å². The van der Waals surface area contributed by atoms with Crippen molar-refractivity contribution in [3.8, 4) is 0 Å². The van der Waals surface area contributed by atoms with E-state index in [9.17, 15) is 8.42 Å². The minimum Gasteiger partial charge on any atom is -0.374 e. The molecule has 14 heavy (non-hydrogen) atoms. The maximum atomic E-state index is 10.4. The van der Waals surface area contributed by atoms with Gasteiger partial charge in [0.25, 0.3) is 10.1 Å². The first-order chi connectivity index (χ1) is 6.08. The number of nitrogens with zero attached hydrogens (tertiary/aromatic N) is 1. The molecule has 0 atom stereocenters. The molecule has 0 fully saturated rings.